The van der Waals surface area contributed by atoms with Crippen LogP contribution in [0.1, 0.15) is 32.5 Å². The van der Waals surface area contributed by atoms with E-state index < -0.39 is 0 Å². The summed E-state index contributed by atoms with van der Waals surface area (Å²) in [6.07, 6.45) is 1.53. The number of thiophene rings is 1. The summed E-state index contributed by atoms with van der Waals surface area (Å²) in [5, 5.41) is 0.892. The van der Waals surface area contributed by atoms with Crippen LogP contribution in [0.2, 0.25) is 0 Å². The second-order valence-electron chi connectivity index (χ2n) is 6.80. The van der Waals surface area contributed by atoms with Crippen LogP contribution in [0, 0.1) is 6.92 Å². The number of esters is 1. The molecule has 150 valence electrons. The van der Waals surface area contributed by atoms with Crippen molar-refractivity contribution in [2.45, 2.75) is 13.8 Å². The van der Waals surface area contributed by atoms with E-state index in [1.165, 1.54) is 17.7 Å². The van der Waals surface area contributed by atoms with E-state index in [0.29, 0.717) is 43.2 Å². The first kappa shape index (κ1) is 19.3. The number of carbonyl (C=O) groups excluding carboxylic acids is 2. The van der Waals surface area contributed by atoms with Gasteiger partial charge in [-0.1, -0.05) is 18.2 Å². The Morgan fingerprint density at radius 2 is 1.83 bits per heavy atom. The maximum absolute atomic E-state index is 12.7. The van der Waals surface area contributed by atoms with Gasteiger partial charge in [0.1, 0.15) is 21.9 Å². The summed E-state index contributed by atoms with van der Waals surface area (Å²) in [6.45, 7) is 6.63. The van der Waals surface area contributed by atoms with Crippen molar-refractivity contribution in [1.29, 1.82) is 0 Å². The Bertz CT molecular complexity index is 1040. The van der Waals surface area contributed by atoms with Crippen LogP contribution in [0.5, 0.6) is 0 Å². The first-order chi connectivity index (χ1) is 14.1. The Labute approximate surface area is 172 Å². The zero-order valence-corrected chi connectivity index (χ0v) is 17.2. The third-order valence-electron chi connectivity index (χ3n) is 5.05. The van der Waals surface area contributed by atoms with E-state index in [1.54, 1.807) is 6.92 Å². The highest BCUT2D eigenvalue weighted by Gasteiger charge is 2.26. The van der Waals surface area contributed by atoms with Crippen molar-refractivity contribution in [2.75, 3.05) is 37.7 Å². The number of hydrogen-bond acceptors (Lipinski definition) is 7. The standard InChI is InChI=1S/C21H22N4O3S/c1-3-28-21(27)17-14(2)16-18(22-13-23-19(16)29-17)24-9-11-25(12-10-24)20(26)15-7-5-4-6-8-15/h4-8,13H,3,9-12H2,1-2H3. The van der Waals surface area contributed by atoms with Crippen molar-refractivity contribution in [3.05, 3.63) is 52.7 Å². The van der Waals surface area contributed by atoms with Crippen molar-refractivity contribution in [3.63, 3.8) is 0 Å². The van der Waals surface area contributed by atoms with Crippen LogP contribution in [0.3, 0.4) is 0 Å². The van der Waals surface area contributed by atoms with E-state index >= 15 is 0 Å². The maximum Gasteiger partial charge on any atom is 0.348 e. The van der Waals surface area contributed by atoms with E-state index in [2.05, 4.69) is 14.9 Å². The molecule has 0 atom stereocenters. The lowest BCUT2D eigenvalue weighted by Gasteiger charge is -2.35. The van der Waals surface area contributed by atoms with Gasteiger partial charge in [0.2, 0.25) is 0 Å². The Kier molecular flexibility index (Phi) is 5.44. The van der Waals surface area contributed by atoms with Crippen molar-refractivity contribution < 1.29 is 14.3 Å². The lowest BCUT2D eigenvalue weighted by Crippen LogP contribution is -2.49. The summed E-state index contributed by atoms with van der Waals surface area (Å²) in [4.78, 5) is 39.2. The Hall–Kier alpha value is -3.00. The minimum absolute atomic E-state index is 0.0504. The molecule has 0 bridgehead atoms. The number of benzene rings is 1. The molecule has 3 heterocycles. The largest absolute Gasteiger partial charge is 0.462 e. The minimum atomic E-state index is -0.322. The summed E-state index contributed by atoms with van der Waals surface area (Å²) in [5.74, 6) is 0.540. The SMILES string of the molecule is CCOC(=O)c1sc2ncnc(N3CCN(C(=O)c4ccccc4)CC3)c2c1C. The molecule has 1 aliphatic heterocycles. The number of hydrogen-bond donors (Lipinski definition) is 0. The van der Waals surface area contributed by atoms with Crippen LogP contribution in [-0.4, -0.2) is 59.5 Å². The second kappa shape index (κ2) is 8.16. The quantitative estimate of drug-likeness (QED) is 0.615. The molecule has 8 heteroatoms. The van der Waals surface area contributed by atoms with Gasteiger partial charge in [0.15, 0.2) is 0 Å². The summed E-state index contributed by atoms with van der Waals surface area (Å²) < 4.78 is 5.17. The van der Waals surface area contributed by atoms with Crippen molar-refractivity contribution in [1.82, 2.24) is 14.9 Å². The number of rotatable bonds is 4. The Balaban J connectivity index is 1.55. The van der Waals surface area contributed by atoms with Crippen LogP contribution in [0.25, 0.3) is 10.2 Å². The highest BCUT2D eigenvalue weighted by molar-refractivity contribution is 7.20. The van der Waals surface area contributed by atoms with Gasteiger partial charge in [0.25, 0.3) is 5.91 Å². The number of fused-ring (bicyclic) bond motifs is 1. The Morgan fingerprint density at radius 1 is 1.10 bits per heavy atom. The average molecular weight is 410 g/mol. The second-order valence-corrected chi connectivity index (χ2v) is 7.80. The molecule has 4 rings (SSSR count). The van der Waals surface area contributed by atoms with Gasteiger partial charge < -0.3 is 14.5 Å². The fourth-order valence-electron chi connectivity index (χ4n) is 3.57. The van der Waals surface area contributed by atoms with E-state index in [-0.39, 0.29) is 11.9 Å². The van der Waals surface area contributed by atoms with Gasteiger partial charge in [-0.25, -0.2) is 14.8 Å². The predicted octanol–water partition coefficient (Wildman–Crippen LogP) is 3.14. The number of aryl methyl sites for hydroxylation is 1. The lowest BCUT2D eigenvalue weighted by molar-refractivity contribution is 0.0531. The molecule has 0 aliphatic carbocycles. The van der Waals surface area contributed by atoms with E-state index in [4.69, 9.17) is 4.74 Å². The molecule has 1 amide bonds. The molecule has 0 spiro atoms. The van der Waals surface area contributed by atoms with Gasteiger partial charge in [-0.05, 0) is 31.5 Å². The molecule has 1 fully saturated rings. The van der Waals surface area contributed by atoms with Crippen molar-refractivity contribution in [3.8, 4) is 0 Å². The molecule has 2 aromatic heterocycles. The zero-order valence-electron chi connectivity index (χ0n) is 16.4. The number of nitrogens with zero attached hydrogens (tertiary/aromatic N) is 4. The van der Waals surface area contributed by atoms with Gasteiger partial charge in [-0.3, -0.25) is 4.79 Å². The number of amides is 1. The first-order valence-corrected chi connectivity index (χ1v) is 10.4. The molecule has 1 aliphatic rings. The third-order valence-corrected chi connectivity index (χ3v) is 6.23. The van der Waals surface area contributed by atoms with Gasteiger partial charge in [-0.2, -0.15) is 0 Å². The molecular formula is C21H22N4O3S. The molecular weight excluding hydrogens is 388 g/mol. The molecule has 1 saturated heterocycles. The molecule has 0 radical (unpaired) electrons. The van der Waals surface area contributed by atoms with Gasteiger partial charge in [-0.15, -0.1) is 11.3 Å². The van der Waals surface area contributed by atoms with Crippen LogP contribution < -0.4 is 4.90 Å². The number of carbonyl (C=O) groups is 2. The van der Waals surface area contributed by atoms with E-state index in [0.717, 1.165) is 21.6 Å². The molecule has 3 aromatic rings. The number of aromatic nitrogens is 2. The topological polar surface area (TPSA) is 75.6 Å². The van der Waals surface area contributed by atoms with E-state index in [1.807, 2.05) is 42.2 Å². The van der Waals surface area contributed by atoms with Crippen LogP contribution >= 0.6 is 11.3 Å². The number of piperazine rings is 1. The highest BCUT2D eigenvalue weighted by Crippen LogP contribution is 2.35. The molecule has 0 N–H and O–H groups in total. The molecule has 0 saturated carbocycles. The summed E-state index contributed by atoms with van der Waals surface area (Å²) in [7, 11) is 0. The summed E-state index contributed by atoms with van der Waals surface area (Å²) in [6, 6.07) is 9.34. The van der Waals surface area contributed by atoms with Crippen LogP contribution in [0.4, 0.5) is 5.82 Å². The predicted molar refractivity (Wildman–Crippen MR) is 113 cm³/mol. The van der Waals surface area contributed by atoms with Crippen LogP contribution in [-0.2, 0) is 4.74 Å². The fraction of sp³-hybridized carbons (Fsp3) is 0.333. The third kappa shape index (κ3) is 3.67. The first-order valence-electron chi connectivity index (χ1n) is 9.60. The van der Waals surface area contributed by atoms with Crippen molar-refractivity contribution in [2.24, 2.45) is 0 Å². The number of anilines is 1. The smallest absolute Gasteiger partial charge is 0.348 e. The van der Waals surface area contributed by atoms with E-state index in [9.17, 15) is 9.59 Å². The maximum atomic E-state index is 12.7. The number of ether oxygens (including phenoxy) is 1. The van der Waals surface area contributed by atoms with Gasteiger partial charge in [0, 0.05) is 31.7 Å². The summed E-state index contributed by atoms with van der Waals surface area (Å²) in [5.41, 5.74) is 1.56. The minimum Gasteiger partial charge on any atom is -0.462 e. The van der Waals surface area contributed by atoms with Crippen LogP contribution in [0.15, 0.2) is 36.7 Å². The fourth-order valence-corrected chi connectivity index (χ4v) is 4.61. The summed E-state index contributed by atoms with van der Waals surface area (Å²) >= 11 is 1.34. The lowest BCUT2D eigenvalue weighted by atomic mass is 10.1. The highest BCUT2D eigenvalue weighted by atomic mass is 32.1. The molecule has 7 nitrogen and oxygen atoms in total. The Morgan fingerprint density at radius 3 is 2.52 bits per heavy atom. The van der Waals surface area contributed by atoms with Gasteiger partial charge >= 0.3 is 5.97 Å². The molecule has 29 heavy (non-hydrogen) atoms. The van der Waals surface area contributed by atoms with Crippen molar-refractivity contribution >= 4 is 39.2 Å². The monoisotopic (exact) mass is 410 g/mol. The normalized spacial score (nSPS) is 14.3. The average Bonchev–Trinajstić information content (AvgIpc) is 3.11. The zero-order chi connectivity index (χ0) is 20.4. The molecule has 1 aromatic carbocycles. The van der Waals surface area contributed by atoms with Gasteiger partial charge in [0.05, 0.1) is 12.0 Å². The molecule has 0 unspecified atom stereocenters.